The van der Waals surface area contributed by atoms with Crippen molar-refractivity contribution in [2.45, 2.75) is 32.0 Å². The van der Waals surface area contributed by atoms with Gasteiger partial charge in [-0.25, -0.2) is 9.69 Å². The smallest absolute Gasteiger partial charge is 0.332 e. The van der Waals surface area contributed by atoms with Crippen LogP contribution in [0.5, 0.6) is 5.75 Å². The highest BCUT2D eigenvalue weighted by atomic mass is 16.5. The number of rotatable bonds is 5. The van der Waals surface area contributed by atoms with E-state index >= 15 is 0 Å². The quantitative estimate of drug-likeness (QED) is 0.398. The lowest BCUT2D eigenvalue weighted by Crippen LogP contribution is -2.42. The minimum atomic E-state index is -0.626. The van der Waals surface area contributed by atoms with Crippen molar-refractivity contribution in [3.63, 3.8) is 0 Å². The molecule has 4 amide bonds. The normalized spacial score (nSPS) is 18.6. The maximum absolute atomic E-state index is 13.7. The number of methoxy groups -OCH3 is 1. The SMILES string of the molecule is COc1ccccc1CNC(=O)c1ccccc1N1C(=O)C2Cc3c([nH]c4ccccc34)C(C)N2C1=O. The number of hydrogen-bond acceptors (Lipinski definition) is 4. The molecule has 186 valence electrons. The van der Waals surface area contributed by atoms with Crippen molar-refractivity contribution in [3.05, 3.63) is 95.2 Å². The molecule has 2 unspecified atom stereocenters. The number of anilines is 1. The molecule has 4 aromatic rings. The van der Waals surface area contributed by atoms with Gasteiger partial charge in [0.05, 0.1) is 24.4 Å². The maximum Gasteiger partial charge on any atom is 0.332 e. The first-order valence-electron chi connectivity index (χ1n) is 12.2. The Morgan fingerprint density at radius 3 is 2.59 bits per heavy atom. The first-order valence-corrected chi connectivity index (χ1v) is 12.2. The molecule has 1 saturated heterocycles. The first-order chi connectivity index (χ1) is 18.0. The molecule has 2 aliphatic heterocycles. The number of hydrogen-bond donors (Lipinski definition) is 2. The Kier molecular flexibility index (Phi) is 5.44. The van der Waals surface area contributed by atoms with Crippen molar-refractivity contribution >= 4 is 34.4 Å². The van der Waals surface area contributed by atoms with Crippen LogP contribution in [-0.2, 0) is 17.8 Å². The zero-order valence-corrected chi connectivity index (χ0v) is 20.5. The Morgan fingerprint density at radius 2 is 1.76 bits per heavy atom. The van der Waals surface area contributed by atoms with Gasteiger partial charge in [-0.2, -0.15) is 0 Å². The van der Waals surface area contributed by atoms with Gasteiger partial charge in [0.1, 0.15) is 11.8 Å². The van der Waals surface area contributed by atoms with Crippen molar-refractivity contribution in [1.82, 2.24) is 15.2 Å². The minimum absolute atomic E-state index is 0.243. The number of benzene rings is 3. The lowest BCUT2D eigenvalue weighted by atomic mass is 9.93. The zero-order valence-electron chi connectivity index (χ0n) is 20.5. The van der Waals surface area contributed by atoms with Crippen LogP contribution in [0.15, 0.2) is 72.8 Å². The molecule has 2 aliphatic rings. The summed E-state index contributed by atoms with van der Waals surface area (Å²) in [6.07, 6.45) is 0.424. The van der Waals surface area contributed by atoms with E-state index in [0.29, 0.717) is 12.2 Å². The molecule has 0 aliphatic carbocycles. The van der Waals surface area contributed by atoms with Gasteiger partial charge in [0.15, 0.2) is 0 Å². The number of carbonyl (C=O) groups excluding carboxylic acids is 3. The summed E-state index contributed by atoms with van der Waals surface area (Å²) in [6.45, 7) is 2.17. The largest absolute Gasteiger partial charge is 0.496 e. The molecule has 0 spiro atoms. The fraction of sp³-hybridized carbons (Fsp3) is 0.207. The lowest BCUT2D eigenvalue weighted by molar-refractivity contribution is -0.120. The molecular formula is C29H26N4O4. The van der Waals surface area contributed by atoms with E-state index in [1.165, 1.54) is 0 Å². The summed E-state index contributed by atoms with van der Waals surface area (Å²) in [5.74, 6) is -0.0309. The van der Waals surface area contributed by atoms with Crippen LogP contribution in [-0.4, -0.2) is 40.9 Å². The van der Waals surface area contributed by atoms with Gasteiger partial charge in [-0.1, -0.05) is 48.5 Å². The van der Waals surface area contributed by atoms with Crippen molar-refractivity contribution in [3.8, 4) is 5.75 Å². The van der Waals surface area contributed by atoms with Crippen LogP contribution in [0.1, 0.15) is 40.1 Å². The number of amides is 4. The number of nitrogens with zero attached hydrogens (tertiary/aromatic N) is 2. The van der Waals surface area contributed by atoms with Gasteiger partial charge < -0.3 is 19.9 Å². The van der Waals surface area contributed by atoms with Gasteiger partial charge in [-0.3, -0.25) is 9.59 Å². The predicted octanol–water partition coefficient (Wildman–Crippen LogP) is 4.56. The molecule has 3 aromatic carbocycles. The van der Waals surface area contributed by atoms with E-state index < -0.39 is 12.1 Å². The average molecular weight is 495 g/mol. The number of fused-ring (bicyclic) bond motifs is 4. The molecule has 8 nitrogen and oxygen atoms in total. The molecule has 1 aromatic heterocycles. The number of carbonyl (C=O) groups is 3. The van der Waals surface area contributed by atoms with E-state index in [1.807, 2.05) is 55.5 Å². The third kappa shape index (κ3) is 3.56. The minimum Gasteiger partial charge on any atom is -0.496 e. The van der Waals surface area contributed by atoms with Crippen molar-refractivity contribution in [1.29, 1.82) is 0 Å². The van der Waals surface area contributed by atoms with Crippen LogP contribution in [0, 0.1) is 0 Å². The van der Waals surface area contributed by atoms with Crippen LogP contribution < -0.4 is 15.0 Å². The third-order valence-corrected chi connectivity index (χ3v) is 7.35. The van der Waals surface area contributed by atoms with E-state index in [2.05, 4.69) is 10.3 Å². The van der Waals surface area contributed by atoms with Crippen molar-refractivity contribution in [2.75, 3.05) is 12.0 Å². The van der Waals surface area contributed by atoms with E-state index in [9.17, 15) is 14.4 Å². The number of para-hydroxylation sites is 3. The Balaban J connectivity index is 1.30. The van der Waals surface area contributed by atoms with Crippen LogP contribution in [0.2, 0.25) is 0 Å². The van der Waals surface area contributed by atoms with Crippen LogP contribution >= 0.6 is 0 Å². The highest BCUT2D eigenvalue weighted by Crippen LogP contribution is 2.42. The second-order valence-corrected chi connectivity index (χ2v) is 9.33. The molecule has 0 bridgehead atoms. The summed E-state index contributed by atoms with van der Waals surface area (Å²) in [6, 6.07) is 20.8. The summed E-state index contributed by atoms with van der Waals surface area (Å²) in [4.78, 5) is 46.9. The molecule has 0 saturated carbocycles. The van der Waals surface area contributed by atoms with E-state index in [1.54, 1.807) is 36.3 Å². The zero-order chi connectivity index (χ0) is 25.7. The first kappa shape index (κ1) is 22.8. The van der Waals surface area contributed by atoms with Crippen LogP contribution in [0.3, 0.4) is 0 Å². The molecule has 2 atom stereocenters. The maximum atomic E-state index is 13.7. The number of imide groups is 1. The van der Waals surface area contributed by atoms with Gasteiger partial charge in [0, 0.05) is 35.1 Å². The van der Waals surface area contributed by atoms with Crippen LogP contribution in [0.4, 0.5) is 10.5 Å². The number of ether oxygens (including phenoxy) is 1. The third-order valence-electron chi connectivity index (χ3n) is 7.35. The number of aromatic nitrogens is 1. The molecule has 1 fully saturated rings. The summed E-state index contributed by atoms with van der Waals surface area (Å²) in [5, 5.41) is 3.97. The van der Waals surface area contributed by atoms with Crippen molar-refractivity contribution < 1.29 is 19.1 Å². The fourth-order valence-electron chi connectivity index (χ4n) is 5.56. The topological polar surface area (TPSA) is 94.7 Å². The van der Waals surface area contributed by atoms with Crippen molar-refractivity contribution in [2.24, 2.45) is 0 Å². The Bertz CT molecular complexity index is 1560. The molecule has 6 rings (SSSR count). The second kappa shape index (κ2) is 8.81. The van der Waals surface area contributed by atoms with E-state index in [4.69, 9.17) is 4.74 Å². The number of aromatic amines is 1. The molecule has 0 radical (unpaired) electrons. The molecule has 37 heavy (non-hydrogen) atoms. The molecule has 3 heterocycles. The molecule has 8 heteroatoms. The summed E-state index contributed by atoms with van der Waals surface area (Å²) < 4.78 is 5.37. The second-order valence-electron chi connectivity index (χ2n) is 9.33. The molecular weight excluding hydrogens is 468 g/mol. The summed E-state index contributed by atoms with van der Waals surface area (Å²) >= 11 is 0. The van der Waals surface area contributed by atoms with Gasteiger partial charge >= 0.3 is 6.03 Å². The fourth-order valence-corrected chi connectivity index (χ4v) is 5.56. The Hall–Kier alpha value is -4.59. The average Bonchev–Trinajstić information content (AvgIpc) is 3.42. The Morgan fingerprint density at radius 1 is 1.03 bits per heavy atom. The predicted molar refractivity (Wildman–Crippen MR) is 140 cm³/mol. The van der Waals surface area contributed by atoms with Gasteiger partial charge in [-0.05, 0) is 36.8 Å². The highest BCUT2D eigenvalue weighted by Gasteiger charge is 2.52. The summed E-state index contributed by atoms with van der Waals surface area (Å²) in [7, 11) is 1.58. The lowest BCUT2D eigenvalue weighted by Gasteiger charge is -2.33. The van der Waals surface area contributed by atoms with Gasteiger partial charge in [-0.15, -0.1) is 0 Å². The standard InChI is InChI=1S/C29H26N4O4/c1-17-26-21(19-10-4-6-12-22(19)31-26)15-24-28(35)33(29(36)32(17)24)23-13-7-5-11-20(23)27(34)30-16-18-9-3-8-14-25(18)37-2/h3-14,17,24,31H,15-16H2,1-2H3,(H,30,34). The van der Waals surface area contributed by atoms with E-state index in [-0.39, 0.29) is 35.7 Å². The summed E-state index contributed by atoms with van der Waals surface area (Å²) in [5.41, 5.74) is 4.37. The van der Waals surface area contributed by atoms with E-state index in [0.717, 1.165) is 32.6 Å². The number of urea groups is 1. The Labute approximate surface area is 213 Å². The van der Waals surface area contributed by atoms with Crippen LogP contribution in [0.25, 0.3) is 10.9 Å². The number of H-pyrrole nitrogens is 1. The number of nitrogens with one attached hydrogen (secondary N) is 2. The molecule has 2 N–H and O–H groups in total. The monoisotopic (exact) mass is 494 g/mol. The highest BCUT2D eigenvalue weighted by molar-refractivity contribution is 6.24. The van der Waals surface area contributed by atoms with Gasteiger partial charge in [0.25, 0.3) is 11.8 Å². The van der Waals surface area contributed by atoms with Gasteiger partial charge in [0.2, 0.25) is 0 Å².